The number of amides is 1. The van der Waals surface area contributed by atoms with Gasteiger partial charge < -0.3 is 4.90 Å². The van der Waals surface area contributed by atoms with E-state index in [0.717, 1.165) is 6.41 Å². The summed E-state index contributed by atoms with van der Waals surface area (Å²) in [6.07, 6.45) is 0.765. The zero-order valence-electron chi connectivity index (χ0n) is 7.79. The van der Waals surface area contributed by atoms with Crippen molar-refractivity contribution in [1.82, 2.24) is 13.5 Å². The van der Waals surface area contributed by atoms with Crippen molar-refractivity contribution in [3.05, 3.63) is 0 Å². The van der Waals surface area contributed by atoms with Crippen LogP contribution in [-0.4, -0.2) is 67.6 Å². The average molecular weight is 219 g/mol. The number of hydrogen-bond donors (Lipinski definition) is 0. The minimum Gasteiger partial charge on any atom is -0.343 e. The van der Waals surface area contributed by atoms with Crippen LogP contribution in [0.25, 0.3) is 0 Å². The summed E-state index contributed by atoms with van der Waals surface area (Å²) in [5.41, 5.74) is 0. The summed E-state index contributed by atoms with van der Waals surface area (Å²) < 4.78 is 26.3. The molecule has 2 aliphatic heterocycles. The summed E-state index contributed by atoms with van der Waals surface area (Å²) in [7, 11) is -3.20. The van der Waals surface area contributed by atoms with Gasteiger partial charge in [-0.25, -0.2) is 0 Å². The molecular weight excluding hydrogens is 206 g/mol. The number of carbonyl (C=O) groups excluding carboxylic acids is 1. The van der Waals surface area contributed by atoms with Crippen molar-refractivity contribution in [2.75, 3.05) is 39.3 Å². The van der Waals surface area contributed by atoms with Gasteiger partial charge in [0, 0.05) is 39.3 Å². The van der Waals surface area contributed by atoms with E-state index < -0.39 is 10.2 Å². The van der Waals surface area contributed by atoms with Crippen molar-refractivity contribution >= 4 is 16.6 Å². The second-order valence-corrected chi connectivity index (χ2v) is 5.38. The fourth-order valence-electron chi connectivity index (χ4n) is 1.47. The van der Waals surface area contributed by atoms with Crippen LogP contribution in [-0.2, 0) is 15.0 Å². The number of piperazine rings is 1. The van der Waals surface area contributed by atoms with Crippen LogP contribution in [0, 0.1) is 0 Å². The molecule has 2 saturated heterocycles. The van der Waals surface area contributed by atoms with Gasteiger partial charge in [0.25, 0.3) is 10.2 Å². The predicted molar refractivity (Wildman–Crippen MR) is 49.7 cm³/mol. The Labute approximate surface area is 83.3 Å². The van der Waals surface area contributed by atoms with Crippen molar-refractivity contribution in [2.45, 2.75) is 0 Å². The van der Waals surface area contributed by atoms with E-state index in [9.17, 15) is 13.2 Å². The van der Waals surface area contributed by atoms with Gasteiger partial charge in [-0.1, -0.05) is 0 Å². The highest BCUT2D eigenvalue weighted by molar-refractivity contribution is 7.87. The van der Waals surface area contributed by atoms with E-state index in [4.69, 9.17) is 0 Å². The van der Waals surface area contributed by atoms with Crippen molar-refractivity contribution in [3.8, 4) is 0 Å². The summed E-state index contributed by atoms with van der Waals surface area (Å²) in [5.74, 6) is 0. The van der Waals surface area contributed by atoms with Gasteiger partial charge in [-0.05, 0) is 0 Å². The van der Waals surface area contributed by atoms with Crippen molar-refractivity contribution < 1.29 is 13.2 Å². The maximum Gasteiger partial charge on any atom is 0.282 e. The van der Waals surface area contributed by atoms with Gasteiger partial charge in [-0.15, -0.1) is 0 Å². The molecule has 0 bridgehead atoms. The Hall–Kier alpha value is -0.660. The minimum atomic E-state index is -3.20. The van der Waals surface area contributed by atoms with Crippen molar-refractivity contribution in [3.63, 3.8) is 0 Å². The lowest BCUT2D eigenvalue weighted by molar-refractivity contribution is -0.119. The van der Waals surface area contributed by atoms with Crippen molar-refractivity contribution in [1.29, 1.82) is 0 Å². The first-order valence-corrected chi connectivity index (χ1v) is 5.99. The van der Waals surface area contributed by atoms with E-state index >= 15 is 0 Å². The largest absolute Gasteiger partial charge is 0.343 e. The Bertz CT molecular complexity index is 317. The molecule has 0 spiro atoms. The van der Waals surface area contributed by atoms with Crippen LogP contribution in [0.4, 0.5) is 0 Å². The molecule has 2 heterocycles. The van der Waals surface area contributed by atoms with E-state index in [1.54, 1.807) is 4.90 Å². The molecule has 2 aliphatic rings. The first kappa shape index (κ1) is 9.88. The normalized spacial score (nSPS) is 25.0. The number of rotatable bonds is 3. The summed E-state index contributed by atoms with van der Waals surface area (Å²) in [6, 6.07) is 0. The van der Waals surface area contributed by atoms with E-state index in [-0.39, 0.29) is 0 Å². The molecule has 80 valence electrons. The van der Waals surface area contributed by atoms with Gasteiger partial charge in [0.2, 0.25) is 6.41 Å². The van der Waals surface area contributed by atoms with Crippen LogP contribution in [0.1, 0.15) is 0 Å². The molecule has 0 radical (unpaired) electrons. The van der Waals surface area contributed by atoms with E-state index in [1.165, 1.54) is 8.61 Å². The maximum atomic E-state index is 11.7. The Morgan fingerprint density at radius 2 is 1.29 bits per heavy atom. The van der Waals surface area contributed by atoms with Gasteiger partial charge in [0.15, 0.2) is 0 Å². The van der Waals surface area contributed by atoms with Crippen LogP contribution in [0.3, 0.4) is 0 Å². The highest BCUT2D eigenvalue weighted by Gasteiger charge is 2.37. The molecule has 1 amide bonds. The molecule has 7 heteroatoms. The molecule has 0 aromatic heterocycles. The third kappa shape index (κ3) is 1.75. The zero-order chi connectivity index (χ0) is 10.2. The summed E-state index contributed by atoms with van der Waals surface area (Å²) in [6.45, 7) is 3.09. The van der Waals surface area contributed by atoms with Crippen molar-refractivity contribution in [2.24, 2.45) is 0 Å². The Morgan fingerprint density at radius 1 is 0.857 bits per heavy atom. The van der Waals surface area contributed by atoms with E-state index in [2.05, 4.69) is 0 Å². The van der Waals surface area contributed by atoms with E-state index in [0.29, 0.717) is 39.3 Å². The molecule has 0 saturated carbocycles. The molecule has 2 rings (SSSR count). The summed E-state index contributed by atoms with van der Waals surface area (Å²) in [5, 5.41) is 0. The third-order valence-corrected chi connectivity index (χ3v) is 4.52. The van der Waals surface area contributed by atoms with E-state index in [1.807, 2.05) is 0 Å². The minimum absolute atomic E-state index is 0.414. The molecule has 0 unspecified atom stereocenters. The highest BCUT2D eigenvalue weighted by atomic mass is 32.2. The lowest BCUT2D eigenvalue weighted by atomic mass is 10.4. The predicted octanol–water partition coefficient (Wildman–Crippen LogP) is -1.68. The maximum absolute atomic E-state index is 11.7. The molecule has 0 aromatic carbocycles. The smallest absolute Gasteiger partial charge is 0.282 e. The standard InChI is InChI=1S/C7H13N3O3S/c11-7-8-1-3-9(4-2-8)14(12,13)10-5-6-10/h7H,1-6H2. The van der Waals surface area contributed by atoms with Crippen LogP contribution in [0.2, 0.25) is 0 Å². The topological polar surface area (TPSA) is 60.7 Å². The fourth-order valence-corrected chi connectivity index (χ4v) is 2.97. The zero-order valence-corrected chi connectivity index (χ0v) is 8.61. The third-order valence-electron chi connectivity index (χ3n) is 2.48. The molecule has 0 N–H and O–H groups in total. The molecular formula is C7H13N3O3S. The SMILES string of the molecule is O=CN1CCN(S(=O)(=O)N2CC2)CC1. The number of hydrogen-bond acceptors (Lipinski definition) is 3. The monoisotopic (exact) mass is 219 g/mol. The van der Waals surface area contributed by atoms with Crippen LogP contribution < -0.4 is 0 Å². The lowest BCUT2D eigenvalue weighted by Gasteiger charge is -2.31. The van der Waals surface area contributed by atoms with Crippen LogP contribution >= 0.6 is 0 Å². The molecule has 0 aliphatic carbocycles. The van der Waals surface area contributed by atoms with Gasteiger partial charge >= 0.3 is 0 Å². The second kappa shape index (κ2) is 3.48. The Kier molecular flexibility index (Phi) is 2.46. The molecule has 14 heavy (non-hydrogen) atoms. The lowest BCUT2D eigenvalue weighted by Crippen LogP contribution is -2.49. The number of carbonyl (C=O) groups is 1. The highest BCUT2D eigenvalue weighted by Crippen LogP contribution is 2.17. The van der Waals surface area contributed by atoms with Gasteiger partial charge in [0.05, 0.1) is 0 Å². The molecule has 0 atom stereocenters. The Morgan fingerprint density at radius 3 is 1.64 bits per heavy atom. The Balaban J connectivity index is 1.97. The first-order chi connectivity index (χ1) is 6.64. The molecule has 0 aromatic rings. The van der Waals surface area contributed by atoms with Gasteiger partial charge in [-0.3, -0.25) is 4.79 Å². The van der Waals surface area contributed by atoms with Gasteiger partial charge in [-0.2, -0.15) is 17.0 Å². The molecule has 2 fully saturated rings. The van der Waals surface area contributed by atoms with Crippen LogP contribution in [0.15, 0.2) is 0 Å². The second-order valence-electron chi connectivity index (χ2n) is 3.45. The van der Waals surface area contributed by atoms with Crippen LogP contribution in [0.5, 0.6) is 0 Å². The number of nitrogens with zero attached hydrogens (tertiary/aromatic N) is 3. The molecule has 6 nitrogen and oxygen atoms in total. The summed E-state index contributed by atoms with van der Waals surface area (Å²) in [4.78, 5) is 12.0. The summed E-state index contributed by atoms with van der Waals surface area (Å²) >= 11 is 0. The average Bonchev–Trinajstić information content (AvgIpc) is 3.01. The first-order valence-electron chi connectivity index (χ1n) is 4.59. The van der Waals surface area contributed by atoms with Gasteiger partial charge in [0.1, 0.15) is 0 Å². The quantitative estimate of drug-likeness (QED) is 0.421. The fraction of sp³-hybridized carbons (Fsp3) is 0.857.